The highest BCUT2D eigenvalue weighted by molar-refractivity contribution is 6.32. The van der Waals surface area contributed by atoms with Crippen molar-refractivity contribution in [2.24, 2.45) is 0 Å². The number of ether oxygens (including phenoxy) is 1. The van der Waals surface area contributed by atoms with Crippen molar-refractivity contribution in [3.63, 3.8) is 0 Å². The lowest BCUT2D eigenvalue weighted by atomic mass is 10.1. The summed E-state index contributed by atoms with van der Waals surface area (Å²) in [6.07, 6.45) is 1.61. The molecule has 3 rings (SSSR count). The van der Waals surface area contributed by atoms with E-state index in [1.165, 1.54) is 0 Å². The fourth-order valence-corrected chi connectivity index (χ4v) is 2.66. The molecule has 3 aromatic rings. The molecule has 0 spiro atoms. The maximum atomic E-state index is 12.3. The first-order valence-corrected chi connectivity index (χ1v) is 7.50. The summed E-state index contributed by atoms with van der Waals surface area (Å²) in [5, 5.41) is 3.43. The predicted molar refractivity (Wildman–Crippen MR) is 90.0 cm³/mol. The van der Waals surface area contributed by atoms with Gasteiger partial charge in [-0.15, -0.1) is 0 Å². The van der Waals surface area contributed by atoms with Gasteiger partial charge in [0.25, 0.3) is 5.91 Å². The molecule has 0 aliphatic heterocycles. The van der Waals surface area contributed by atoms with E-state index in [0.717, 1.165) is 22.2 Å². The number of H-pyrrole nitrogens is 1. The number of hydrogen-bond donors (Lipinski definition) is 2. The first kappa shape index (κ1) is 15.4. The Morgan fingerprint density at radius 2 is 2.17 bits per heavy atom. The highest BCUT2D eigenvalue weighted by atomic mass is 35.5. The van der Waals surface area contributed by atoms with Crippen LogP contribution in [0.5, 0.6) is 5.75 Å². The van der Waals surface area contributed by atoms with Gasteiger partial charge in [-0.1, -0.05) is 11.6 Å². The minimum absolute atomic E-state index is 0.146. The van der Waals surface area contributed by atoms with Crippen LogP contribution in [0.4, 0.5) is 0 Å². The van der Waals surface area contributed by atoms with Crippen LogP contribution in [0.25, 0.3) is 11.0 Å². The zero-order chi connectivity index (χ0) is 16.4. The first-order chi connectivity index (χ1) is 11.1. The van der Waals surface area contributed by atoms with Crippen molar-refractivity contribution in [2.45, 2.75) is 13.5 Å². The summed E-state index contributed by atoms with van der Waals surface area (Å²) in [5.41, 5.74) is 4.21. The van der Waals surface area contributed by atoms with E-state index in [0.29, 0.717) is 22.9 Å². The molecule has 0 saturated carbocycles. The number of nitrogens with zero attached hydrogens (tertiary/aromatic N) is 1. The lowest BCUT2D eigenvalue weighted by Crippen LogP contribution is -2.23. The number of aromatic amines is 1. The van der Waals surface area contributed by atoms with E-state index in [1.807, 2.05) is 25.1 Å². The first-order valence-electron chi connectivity index (χ1n) is 7.13. The topological polar surface area (TPSA) is 67.0 Å². The molecular weight excluding hydrogens is 314 g/mol. The van der Waals surface area contributed by atoms with Gasteiger partial charge in [0, 0.05) is 12.1 Å². The highest BCUT2D eigenvalue weighted by Gasteiger charge is 2.10. The van der Waals surface area contributed by atoms with E-state index in [9.17, 15) is 4.79 Å². The number of methoxy groups -OCH3 is 1. The van der Waals surface area contributed by atoms with E-state index >= 15 is 0 Å². The van der Waals surface area contributed by atoms with Gasteiger partial charge in [0.1, 0.15) is 5.75 Å². The van der Waals surface area contributed by atoms with Gasteiger partial charge in [0.15, 0.2) is 0 Å². The van der Waals surface area contributed by atoms with E-state index < -0.39 is 0 Å². The Bertz CT molecular complexity index is 873. The highest BCUT2D eigenvalue weighted by Crippen LogP contribution is 2.27. The third kappa shape index (κ3) is 3.14. The molecule has 5 nitrogen and oxygen atoms in total. The molecule has 1 heterocycles. The lowest BCUT2D eigenvalue weighted by Gasteiger charge is -2.11. The number of imidazole rings is 1. The summed E-state index contributed by atoms with van der Waals surface area (Å²) in [7, 11) is 1.58. The number of carbonyl (C=O) groups excluding carboxylic acids is 1. The summed E-state index contributed by atoms with van der Waals surface area (Å²) in [5.74, 6) is 0.483. The van der Waals surface area contributed by atoms with Gasteiger partial charge in [0.05, 0.1) is 29.5 Å². The van der Waals surface area contributed by atoms with Crippen molar-refractivity contribution < 1.29 is 9.53 Å². The second-order valence-electron chi connectivity index (χ2n) is 5.23. The summed E-state index contributed by atoms with van der Waals surface area (Å²) >= 11 is 6.14. The molecule has 6 heteroatoms. The molecule has 0 atom stereocenters. The summed E-state index contributed by atoms with van der Waals surface area (Å²) in [6.45, 7) is 2.35. The van der Waals surface area contributed by atoms with Crippen LogP contribution in [0.1, 0.15) is 21.5 Å². The summed E-state index contributed by atoms with van der Waals surface area (Å²) < 4.78 is 5.18. The molecule has 118 valence electrons. The molecule has 0 fully saturated rings. The molecule has 1 amide bonds. The molecule has 23 heavy (non-hydrogen) atoms. The standard InChI is InChI=1S/C17H16ClN3O2/c1-10-5-16(23-2)13(18)6-12(10)8-19-17(22)11-3-4-14-15(7-11)21-9-20-14/h3-7,9H,8H2,1-2H3,(H,19,22)(H,20,21). The van der Waals surface area contributed by atoms with Crippen LogP contribution >= 0.6 is 11.6 Å². The van der Waals surface area contributed by atoms with Gasteiger partial charge >= 0.3 is 0 Å². The number of carbonyl (C=O) groups is 1. The Kier molecular flexibility index (Phi) is 4.21. The summed E-state index contributed by atoms with van der Waals surface area (Å²) in [4.78, 5) is 19.4. The third-order valence-electron chi connectivity index (χ3n) is 3.73. The molecule has 0 unspecified atom stereocenters. The molecular formula is C17H16ClN3O2. The second kappa shape index (κ2) is 6.30. The normalized spacial score (nSPS) is 10.7. The quantitative estimate of drug-likeness (QED) is 0.770. The number of benzene rings is 2. The van der Waals surface area contributed by atoms with E-state index in [4.69, 9.17) is 16.3 Å². The number of nitrogens with one attached hydrogen (secondary N) is 2. The number of fused-ring (bicyclic) bond motifs is 1. The predicted octanol–water partition coefficient (Wildman–Crippen LogP) is 3.46. The third-order valence-corrected chi connectivity index (χ3v) is 4.03. The molecule has 0 saturated heterocycles. The van der Waals surface area contributed by atoms with Gasteiger partial charge in [-0.3, -0.25) is 4.79 Å². The van der Waals surface area contributed by atoms with Crippen molar-refractivity contribution in [1.29, 1.82) is 0 Å². The fraction of sp³-hybridized carbons (Fsp3) is 0.176. The molecule has 0 radical (unpaired) electrons. The van der Waals surface area contributed by atoms with Gasteiger partial charge in [0.2, 0.25) is 0 Å². The van der Waals surface area contributed by atoms with Crippen molar-refractivity contribution in [3.05, 3.63) is 58.4 Å². The smallest absolute Gasteiger partial charge is 0.251 e. The van der Waals surface area contributed by atoms with E-state index in [1.54, 1.807) is 25.6 Å². The largest absolute Gasteiger partial charge is 0.495 e. The number of aryl methyl sites for hydroxylation is 1. The average Bonchev–Trinajstić information content (AvgIpc) is 3.02. The Labute approximate surface area is 138 Å². The van der Waals surface area contributed by atoms with Crippen LogP contribution in [0, 0.1) is 6.92 Å². The minimum atomic E-state index is -0.146. The van der Waals surface area contributed by atoms with Crippen LogP contribution in [0.3, 0.4) is 0 Å². The van der Waals surface area contributed by atoms with Crippen molar-refractivity contribution in [2.75, 3.05) is 7.11 Å². The molecule has 0 bridgehead atoms. The number of hydrogen-bond acceptors (Lipinski definition) is 3. The van der Waals surface area contributed by atoms with Crippen LogP contribution in [-0.2, 0) is 6.54 Å². The van der Waals surface area contributed by atoms with Crippen molar-refractivity contribution >= 4 is 28.5 Å². The molecule has 1 aromatic heterocycles. The average molecular weight is 330 g/mol. The minimum Gasteiger partial charge on any atom is -0.495 e. The summed E-state index contributed by atoms with van der Waals surface area (Å²) in [6, 6.07) is 9.03. The van der Waals surface area contributed by atoms with Crippen molar-refractivity contribution in [3.8, 4) is 5.75 Å². The zero-order valence-corrected chi connectivity index (χ0v) is 13.6. The number of aromatic nitrogens is 2. The number of halogens is 1. The molecule has 0 aliphatic carbocycles. The number of rotatable bonds is 4. The van der Waals surface area contributed by atoms with Gasteiger partial charge < -0.3 is 15.0 Å². The van der Waals surface area contributed by atoms with Crippen LogP contribution in [0.2, 0.25) is 5.02 Å². The Balaban J connectivity index is 1.74. The SMILES string of the molecule is COc1cc(C)c(CNC(=O)c2ccc3nc[nH]c3c2)cc1Cl. The maximum absolute atomic E-state index is 12.3. The molecule has 0 aliphatic rings. The maximum Gasteiger partial charge on any atom is 0.251 e. The Hall–Kier alpha value is -2.53. The van der Waals surface area contributed by atoms with Gasteiger partial charge in [-0.05, 0) is 48.4 Å². The van der Waals surface area contributed by atoms with E-state index in [-0.39, 0.29) is 5.91 Å². The van der Waals surface area contributed by atoms with Crippen LogP contribution < -0.4 is 10.1 Å². The van der Waals surface area contributed by atoms with Crippen LogP contribution in [-0.4, -0.2) is 23.0 Å². The van der Waals surface area contributed by atoms with Gasteiger partial charge in [-0.25, -0.2) is 4.98 Å². The van der Waals surface area contributed by atoms with E-state index in [2.05, 4.69) is 15.3 Å². The lowest BCUT2D eigenvalue weighted by molar-refractivity contribution is 0.0951. The zero-order valence-electron chi connectivity index (χ0n) is 12.8. The monoisotopic (exact) mass is 329 g/mol. The molecule has 2 aromatic carbocycles. The van der Waals surface area contributed by atoms with Crippen molar-refractivity contribution in [1.82, 2.24) is 15.3 Å². The Morgan fingerprint density at radius 1 is 1.35 bits per heavy atom. The second-order valence-corrected chi connectivity index (χ2v) is 5.64. The molecule has 2 N–H and O–H groups in total. The van der Waals surface area contributed by atoms with Crippen LogP contribution in [0.15, 0.2) is 36.7 Å². The number of amides is 1. The van der Waals surface area contributed by atoms with Gasteiger partial charge in [-0.2, -0.15) is 0 Å². The fourth-order valence-electron chi connectivity index (χ4n) is 2.40. The Morgan fingerprint density at radius 3 is 2.96 bits per heavy atom.